The number of nitrogens with one attached hydrogen (secondary N) is 2. The van der Waals surface area contributed by atoms with Crippen LogP contribution in [0.4, 0.5) is 0 Å². The SMILES string of the molecule is Cl.O=S(=O)(Cc1ccccn1)NC1CCNCC1. The second kappa shape index (κ2) is 7.04. The summed E-state index contributed by atoms with van der Waals surface area (Å²) in [4.78, 5) is 4.03. The van der Waals surface area contributed by atoms with E-state index in [9.17, 15) is 8.42 Å². The number of pyridine rings is 1. The van der Waals surface area contributed by atoms with Crippen molar-refractivity contribution in [2.75, 3.05) is 13.1 Å². The van der Waals surface area contributed by atoms with Crippen molar-refractivity contribution in [1.29, 1.82) is 0 Å². The Morgan fingerprint density at radius 2 is 2.06 bits per heavy atom. The molecule has 0 bridgehead atoms. The second-order valence-electron chi connectivity index (χ2n) is 4.22. The maximum Gasteiger partial charge on any atom is 0.217 e. The average Bonchev–Trinajstić information content (AvgIpc) is 2.30. The fourth-order valence-electron chi connectivity index (χ4n) is 1.91. The van der Waals surface area contributed by atoms with E-state index in [1.165, 1.54) is 0 Å². The van der Waals surface area contributed by atoms with Crippen LogP contribution in [0.3, 0.4) is 0 Å². The maximum atomic E-state index is 11.9. The molecule has 1 aliphatic heterocycles. The highest BCUT2D eigenvalue weighted by molar-refractivity contribution is 7.88. The highest BCUT2D eigenvalue weighted by Gasteiger charge is 2.20. The van der Waals surface area contributed by atoms with Crippen molar-refractivity contribution >= 4 is 22.4 Å². The summed E-state index contributed by atoms with van der Waals surface area (Å²) in [7, 11) is -3.27. The first-order valence-electron chi connectivity index (χ1n) is 5.76. The van der Waals surface area contributed by atoms with Crippen LogP contribution in [0.5, 0.6) is 0 Å². The van der Waals surface area contributed by atoms with Gasteiger partial charge in [-0.2, -0.15) is 0 Å². The minimum absolute atomic E-state index is 0. The van der Waals surface area contributed by atoms with Gasteiger partial charge in [-0.05, 0) is 38.1 Å². The third kappa shape index (κ3) is 4.89. The molecule has 1 aromatic heterocycles. The minimum atomic E-state index is -3.27. The molecule has 0 aromatic carbocycles. The Hall–Kier alpha value is -0.690. The molecule has 2 rings (SSSR count). The number of nitrogens with zero attached hydrogens (tertiary/aromatic N) is 1. The van der Waals surface area contributed by atoms with Crippen molar-refractivity contribution < 1.29 is 8.42 Å². The predicted octanol–water partition coefficient (Wildman–Crippen LogP) is 0.675. The molecule has 0 aliphatic carbocycles. The molecule has 1 aliphatic rings. The largest absolute Gasteiger partial charge is 0.317 e. The smallest absolute Gasteiger partial charge is 0.217 e. The molecule has 0 saturated carbocycles. The first-order chi connectivity index (χ1) is 8.16. The molecule has 1 aromatic rings. The van der Waals surface area contributed by atoms with Crippen LogP contribution < -0.4 is 10.0 Å². The zero-order chi connectivity index (χ0) is 12.1. The van der Waals surface area contributed by atoms with Crippen molar-refractivity contribution in [2.45, 2.75) is 24.6 Å². The van der Waals surface area contributed by atoms with E-state index >= 15 is 0 Å². The first kappa shape index (κ1) is 15.4. The van der Waals surface area contributed by atoms with Gasteiger partial charge in [0.15, 0.2) is 0 Å². The van der Waals surface area contributed by atoms with Crippen molar-refractivity contribution in [3.05, 3.63) is 30.1 Å². The number of hydrogen-bond donors (Lipinski definition) is 2. The zero-order valence-electron chi connectivity index (χ0n) is 10.0. The quantitative estimate of drug-likeness (QED) is 0.856. The number of rotatable bonds is 4. The van der Waals surface area contributed by atoms with Crippen LogP contribution >= 0.6 is 12.4 Å². The van der Waals surface area contributed by atoms with Crippen LogP contribution in [-0.2, 0) is 15.8 Å². The van der Waals surface area contributed by atoms with Crippen LogP contribution in [-0.4, -0.2) is 32.5 Å². The molecule has 2 heterocycles. The lowest BCUT2D eigenvalue weighted by Gasteiger charge is -2.23. The predicted molar refractivity (Wildman–Crippen MR) is 73.1 cm³/mol. The summed E-state index contributed by atoms with van der Waals surface area (Å²) in [5.41, 5.74) is 0.578. The number of sulfonamides is 1. The summed E-state index contributed by atoms with van der Waals surface area (Å²) in [5, 5.41) is 3.20. The number of hydrogen-bond acceptors (Lipinski definition) is 4. The lowest BCUT2D eigenvalue weighted by molar-refractivity contribution is 0.427. The third-order valence-corrected chi connectivity index (χ3v) is 4.12. The highest BCUT2D eigenvalue weighted by Crippen LogP contribution is 2.07. The summed E-state index contributed by atoms with van der Waals surface area (Å²) in [6.45, 7) is 1.74. The molecule has 1 fully saturated rings. The van der Waals surface area contributed by atoms with Gasteiger partial charge in [0.05, 0.1) is 5.69 Å². The number of aromatic nitrogens is 1. The molecular formula is C11H18ClN3O2S. The van der Waals surface area contributed by atoms with Crippen molar-refractivity contribution in [2.24, 2.45) is 0 Å². The van der Waals surface area contributed by atoms with Gasteiger partial charge in [0.25, 0.3) is 0 Å². The fraction of sp³-hybridized carbons (Fsp3) is 0.545. The molecule has 7 heteroatoms. The maximum absolute atomic E-state index is 11.9. The second-order valence-corrected chi connectivity index (χ2v) is 5.98. The van der Waals surface area contributed by atoms with E-state index < -0.39 is 10.0 Å². The molecule has 0 amide bonds. The van der Waals surface area contributed by atoms with E-state index in [2.05, 4.69) is 15.0 Å². The third-order valence-electron chi connectivity index (χ3n) is 2.75. The summed E-state index contributed by atoms with van der Waals surface area (Å²) < 4.78 is 26.5. The molecule has 5 nitrogen and oxygen atoms in total. The molecule has 1 saturated heterocycles. The molecule has 0 atom stereocenters. The lowest BCUT2D eigenvalue weighted by Crippen LogP contribution is -2.43. The first-order valence-corrected chi connectivity index (χ1v) is 7.41. The number of piperidine rings is 1. The Kier molecular flexibility index (Phi) is 6.01. The van der Waals surface area contributed by atoms with Gasteiger partial charge in [-0.3, -0.25) is 4.98 Å². The van der Waals surface area contributed by atoms with Crippen molar-refractivity contribution in [1.82, 2.24) is 15.0 Å². The van der Waals surface area contributed by atoms with E-state index in [4.69, 9.17) is 0 Å². The van der Waals surface area contributed by atoms with Gasteiger partial charge in [0, 0.05) is 12.2 Å². The van der Waals surface area contributed by atoms with Gasteiger partial charge >= 0.3 is 0 Å². The molecule has 0 radical (unpaired) electrons. The molecule has 18 heavy (non-hydrogen) atoms. The summed E-state index contributed by atoms with van der Waals surface area (Å²) >= 11 is 0. The van der Waals surface area contributed by atoms with Gasteiger partial charge in [-0.25, -0.2) is 13.1 Å². The van der Waals surface area contributed by atoms with E-state index in [1.807, 2.05) is 0 Å². The van der Waals surface area contributed by atoms with Gasteiger partial charge in [-0.1, -0.05) is 6.07 Å². The topological polar surface area (TPSA) is 71.1 Å². The van der Waals surface area contributed by atoms with Crippen molar-refractivity contribution in [3.8, 4) is 0 Å². The van der Waals surface area contributed by atoms with E-state index in [1.54, 1.807) is 24.4 Å². The minimum Gasteiger partial charge on any atom is -0.317 e. The van der Waals surface area contributed by atoms with Crippen molar-refractivity contribution in [3.63, 3.8) is 0 Å². The van der Waals surface area contributed by atoms with Gasteiger partial charge < -0.3 is 5.32 Å². The van der Waals surface area contributed by atoms with Crippen LogP contribution in [0.2, 0.25) is 0 Å². The van der Waals surface area contributed by atoms with Crippen LogP contribution in [0.15, 0.2) is 24.4 Å². The van der Waals surface area contributed by atoms with E-state index in [-0.39, 0.29) is 24.2 Å². The standard InChI is InChI=1S/C11H17N3O2S.ClH/c15-17(16,9-11-3-1-2-6-13-11)14-10-4-7-12-8-5-10;/h1-3,6,10,12,14H,4-5,7-9H2;1H. The summed E-state index contributed by atoms with van der Waals surface area (Å²) in [5.74, 6) is -0.0439. The Labute approximate surface area is 114 Å². The average molecular weight is 292 g/mol. The molecular weight excluding hydrogens is 274 g/mol. The van der Waals surface area contributed by atoms with Gasteiger partial charge in [-0.15, -0.1) is 12.4 Å². The Balaban J connectivity index is 0.00000162. The van der Waals surface area contributed by atoms with Crippen LogP contribution in [0.25, 0.3) is 0 Å². The normalized spacial score (nSPS) is 17.1. The Morgan fingerprint density at radius 3 is 2.67 bits per heavy atom. The Morgan fingerprint density at radius 1 is 1.33 bits per heavy atom. The van der Waals surface area contributed by atoms with Crippen LogP contribution in [0, 0.1) is 0 Å². The molecule has 0 spiro atoms. The fourth-order valence-corrected chi connectivity index (χ4v) is 3.30. The highest BCUT2D eigenvalue weighted by atomic mass is 35.5. The monoisotopic (exact) mass is 291 g/mol. The molecule has 0 unspecified atom stereocenters. The Bertz CT molecular complexity index is 447. The zero-order valence-corrected chi connectivity index (χ0v) is 11.6. The van der Waals surface area contributed by atoms with Gasteiger partial charge in [0.2, 0.25) is 10.0 Å². The lowest BCUT2D eigenvalue weighted by atomic mass is 10.1. The number of halogens is 1. The van der Waals surface area contributed by atoms with Gasteiger partial charge in [0.1, 0.15) is 5.75 Å². The summed E-state index contributed by atoms with van der Waals surface area (Å²) in [6.07, 6.45) is 3.30. The van der Waals surface area contributed by atoms with E-state index in [0.29, 0.717) is 5.69 Å². The molecule has 102 valence electrons. The van der Waals surface area contributed by atoms with E-state index in [0.717, 1.165) is 25.9 Å². The molecule has 2 N–H and O–H groups in total. The van der Waals surface area contributed by atoms with Crippen LogP contribution in [0.1, 0.15) is 18.5 Å². The summed E-state index contributed by atoms with van der Waals surface area (Å²) in [6, 6.07) is 5.35.